The van der Waals surface area contributed by atoms with E-state index in [9.17, 15) is 13.2 Å². The van der Waals surface area contributed by atoms with E-state index in [2.05, 4.69) is 24.1 Å². The zero-order chi connectivity index (χ0) is 15.2. The highest BCUT2D eigenvalue weighted by atomic mass is 35.7. The number of hydrogen-bond acceptors (Lipinski definition) is 4. The third-order valence-electron chi connectivity index (χ3n) is 2.38. The van der Waals surface area contributed by atoms with Crippen molar-refractivity contribution in [2.24, 2.45) is 5.92 Å². The maximum absolute atomic E-state index is 11.7. The average molecular weight is 323 g/mol. The zero-order valence-electron chi connectivity index (χ0n) is 11.5. The van der Waals surface area contributed by atoms with Gasteiger partial charge in [0.15, 0.2) is 0 Å². The summed E-state index contributed by atoms with van der Waals surface area (Å²) in [5.41, 5.74) is 0.160. The number of aromatic nitrogens is 1. The van der Waals surface area contributed by atoms with Crippen LogP contribution in [0, 0.1) is 5.92 Å². The van der Waals surface area contributed by atoms with Gasteiger partial charge in [-0.05, 0) is 18.4 Å². The van der Waals surface area contributed by atoms with Gasteiger partial charge in [0.1, 0.15) is 10.6 Å². The summed E-state index contributed by atoms with van der Waals surface area (Å²) in [6.45, 7) is 5.86. The molecule has 0 spiro atoms. The van der Waals surface area contributed by atoms with E-state index in [0.717, 1.165) is 0 Å². The number of nitrogens with one attached hydrogen (secondary N) is 2. The highest BCUT2D eigenvalue weighted by molar-refractivity contribution is 8.13. The fourth-order valence-corrected chi connectivity index (χ4v) is 2.16. The Morgan fingerprint density at radius 3 is 2.75 bits per heavy atom. The van der Waals surface area contributed by atoms with Gasteiger partial charge in [0.25, 0.3) is 15.0 Å². The molecule has 1 heterocycles. The van der Waals surface area contributed by atoms with Crippen LogP contribution in [0.3, 0.4) is 0 Å². The lowest BCUT2D eigenvalue weighted by molar-refractivity contribution is 0.0921. The van der Waals surface area contributed by atoms with E-state index in [1.165, 1.54) is 12.3 Å². The molecule has 0 unspecified atom stereocenters. The van der Waals surface area contributed by atoms with Crippen LogP contribution in [0.15, 0.2) is 17.2 Å². The first kappa shape index (κ1) is 17.0. The number of rotatable bonds is 8. The highest BCUT2D eigenvalue weighted by Gasteiger charge is 2.15. The fraction of sp³-hybridized carbons (Fsp3) is 0.583. The molecule has 6 nitrogen and oxygen atoms in total. The summed E-state index contributed by atoms with van der Waals surface area (Å²) in [4.78, 5) is 14.2. The molecule has 20 heavy (non-hydrogen) atoms. The normalized spacial score (nSPS) is 11.8. The van der Waals surface area contributed by atoms with Crippen LogP contribution in [-0.4, -0.2) is 39.1 Å². The molecule has 114 valence electrons. The first-order valence-electron chi connectivity index (χ1n) is 6.29. The molecule has 2 N–H and O–H groups in total. The second-order valence-electron chi connectivity index (χ2n) is 4.77. The maximum atomic E-state index is 11.7. The number of carbonyl (C=O) groups excluding carboxylic acids is 1. The van der Waals surface area contributed by atoms with E-state index in [4.69, 9.17) is 15.4 Å². The first-order valence-corrected chi connectivity index (χ1v) is 8.60. The van der Waals surface area contributed by atoms with Gasteiger partial charge in [0.05, 0.1) is 0 Å². The molecule has 1 amide bonds. The predicted molar refractivity (Wildman–Crippen MR) is 76.4 cm³/mol. The molecule has 0 aliphatic rings. The monoisotopic (exact) mass is 322 g/mol. The fourth-order valence-electron chi connectivity index (χ4n) is 1.44. The molecular weight excluding hydrogens is 304 g/mol. The van der Waals surface area contributed by atoms with Crippen LogP contribution in [0.5, 0.6) is 0 Å². The number of carbonyl (C=O) groups is 1. The molecule has 1 aromatic rings. The van der Waals surface area contributed by atoms with Crippen LogP contribution in [-0.2, 0) is 13.8 Å². The van der Waals surface area contributed by atoms with Crippen LogP contribution in [0.1, 0.15) is 30.8 Å². The summed E-state index contributed by atoms with van der Waals surface area (Å²) in [5.74, 6) is 0.111. The minimum Gasteiger partial charge on any atom is -0.381 e. The Kier molecular flexibility index (Phi) is 6.51. The van der Waals surface area contributed by atoms with Gasteiger partial charge in [-0.25, -0.2) is 8.42 Å². The van der Waals surface area contributed by atoms with Crippen LogP contribution < -0.4 is 5.32 Å². The topological polar surface area (TPSA) is 88.3 Å². The largest absolute Gasteiger partial charge is 0.381 e. The summed E-state index contributed by atoms with van der Waals surface area (Å²) in [5, 5.41) is 2.66. The third-order valence-corrected chi connectivity index (χ3v) is 3.72. The van der Waals surface area contributed by atoms with Crippen molar-refractivity contribution in [1.82, 2.24) is 10.3 Å². The number of ether oxygens (including phenoxy) is 1. The first-order chi connectivity index (χ1) is 9.30. The van der Waals surface area contributed by atoms with Crippen molar-refractivity contribution in [3.63, 3.8) is 0 Å². The van der Waals surface area contributed by atoms with E-state index in [1.54, 1.807) is 0 Å². The minimum atomic E-state index is -3.82. The number of H-pyrrole nitrogens is 1. The highest BCUT2D eigenvalue weighted by Crippen LogP contribution is 2.15. The zero-order valence-corrected chi connectivity index (χ0v) is 13.1. The quantitative estimate of drug-likeness (QED) is 0.563. The van der Waals surface area contributed by atoms with Gasteiger partial charge >= 0.3 is 0 Å². The molecule has 8 heteroatoms. The third kappa shape index (κ3) is 5.94. The second kappa shape index (κ2) is 7.66. The van der Waals surface area contributed by atoms with Crippen molar-refractivity contribution in [3.05, 3.63) is 18.0 Å². The molecule has 0 saturated heterocycles. The lowest BCUT2D eigenvalue weighted by Gasteiger charge is -2.07. The Morgan fingerprint density at radius 2 is 2.20 bits per heavy atom. The molecule has 0 bridgehead atoms. The van der Waals surface area contributed by atoms with Crippen LogP contribution in [0.2, 0.25) is 0 Å². The van der Waals surface area contributed by atoms with Gasteiger partial charge in [-0.3, -0.25) is 4.79 Å². The lowest BCUT2D eigenvalue weighted by Crippen LogP contribution is -2.25. The molecule has 0 atom stereocenters. The molecule has 0 aliphatic carbocycles. The van der Waals surface area contributed by atoms with Crippen molar-refractivity contribution in [1.29, 1.82) is 0 Å². The Bertz CT molecular complexity index is 539. The summed E-state index contributed by atoms with van der Waals surface area (Å²) in [7, 11) is 1.35. The molecule has 1 aromatic heterocycles. The number of amides is 1. The smallest absolute Gasteiger partial charge is 0.267 e. The van der Waals surface area contributed by atoms with Gasteiger partial charge < -0.3 is 15.0 Å². The van der Waals surface area contributed by atoms with E-state index >= 15 is 0 Å². The number of aromatic amines is 1. The summed E-state index contributed by atoms with van der Waals surface area (Å²) in [6, 6.07) is 1.20. The molecule has 0 fully saturated rings. The van der Waals surface area contributed by atoms with Crippen LogP contribution in [0.25, 0.3) is 0 Å². The van der Waals surface area contributed by atoms with Crippen molar-refractivity contribution < 1.29 is 17.9 Å². The second-order valence-corrected chi connectivity index (χ2v) is 7.33. The SMILES string of the molecule is CC(C)COCCCNC(=O)c1cc(S(=O)(=O)Cl)c[nH]1. The van der Waals surface area contributed by atoms with Crippen molar-refractivity contribution in [2.45, 2.75) is 25.2 Å². The van der Waals surface area contributed by atoms with Gasteiger partial charge in [-0.1, -0.05) is 13.8 Å². The predicted octanol–water partition coefficient (Wildman–Crippen LogP) is 1.73. The molecular formula is C12H19ClN2O4S. The van der Waals surface area contributed by atoms with Crippen molar-refractivity contribution in [2.75, 3.05) is 19.8 Å². The number of halogens is 1. The molecule has 0 aromatic carbocycles. The average Bonchev–Trinajstić information content (AvgIpc) is 2.82. The van der Waals surface area contributed by atoms with Gasteiger partial charge in [0, 0.05) is 36.6 Å². The van der Waals surface area contributed by atoms with Crippen LogP contribution in [0.4, 0.5) is 0 Å². The lowest BCUT2D eigenvalue weighted by atomic mass is 10.2. The van der Waals surface area contributed by atoms with Gasteiger partial charge in [0.2, 0.25) is 0 Å². The Labute approximate surface area is 123 Å². The van der Waals surface area contributed by atoms with Crippen molar-refractivity contribution in [3.8, 4) is 0 Å². The van der Waals surface area contributed by atoms with E-state index in [-0.39, 0.29) is 16.5 Å². The molecule has 0 radical (unpaired) electrons. The van der Waals surface area contributed by atoms with E-state index < -0.39 is 9.05 Å². The Morgan fingerprint density at radius 1 is 1.50 bits per heavy atom. The summed E-state index contributed by atoms with van der Waals surface area (Å²) >= 11 is 0. The molecule has 0 aliphatic heterocycles. The van der Waals surface area contributed by atoms with E-state index in [0.29, 0.717) is 32.1 Å². The Hall–Kier alpha value is -1.05. The summed E-state index contributed by atoms with van der Waals surface area (Å²) in [6.07, 6.45) is 1.88. The molecule has 0 saturated carbocycles. The number of hydrogen-bond donors (Lipinski definition) is 2. The van der Waals surface area contributed by atoms with Gasteiger partial charge in [-0.15, -0.1) is 0 Å². The minimum absolute atomic E-state index is 0.121. The van der Waals surface area contributed by atoms with Crippen LogP contribution >= 0.6 is 10.7 Å². The summed E-state index contributed by atoms with van der Waals surface area (Å²) < 4.78 is 27.5. The maximum Gasteiger partial charge on any atom is 0.267 e. The van der Waals surface area contributed by atoms with Crippen molar-refractivity contribution >= 4 is 25.6 Å². The molecule has 1 rings (SSSR count). The standard InChI is InChI=1S/C12H19ClN2O4S/c1-9(2)8-19-5-3-4-14-12(16)11-6-10(7-15-11)20(13,17)18/h6-7,9,15H,3-5,8H2,1-2H3,(H,14,16). The Balaban J connectivity index is 2.31. The van der Waals surface area contributed by atoms with Gasteiger partial charge in [-0.2, -0.15) is 0 Å². The van der Waals surface area contributed by atoms with E-state index in [1.807, 2.05) is 0 Å².